The van der Waals surface area contributed by atoms with Gasteiger partial charge in [-0.3, -0.25) is 0 Å². The third kappa shape index (κ3) is 5.39. The maximum Gasteiger partial charge on any atom is 0.216 e. The van der Waals surface area contributed by atoms with Gasteiger partial charge < -0.3 is 0 Å². The van der Waals surface area contributed by atoms with Crippen LogP contribution in [0, 0.1) is 6.07 Å². The van der Waals surface area contributed by atoms with Crippen molar-refractivity contribution >= 4 is 32.7 Å². The van der Waals surface area contributed by atoms with Crippen LogP contribution in [-0.2, 0) is 22.2 Å². The van der Waals surface area contributed by atoms with Crippen LogP contribution in [0.4, 0.5) is 0 Å². The van der Waals surface area contributed by atoms with Gasteiger partial charge in [0.15, 0.2) is 0 Å². The summed E-state index contributed by atoms with van der Waals surface area (Å²) in [7, 11) is -3.54. The molecule has 0 saturated carbocycles. The SMILES string of the molecule is O=S(=O)(Cc1ccccc1)NC(Cc1cc[c]cc1)c1csc(-c2cccs2)n1. The molecule has 2 aromatic heterocycles. The third-order valence-electron chi connectivity index (χ3n) is 4.36. The zero-order valence-electron chi connectivity index (χ0n) is 15.5. The molecule has 0 aliphatic rings. The van der Waals surface area contributed by atoms with E-state index in [1.807, 2.05) is 77.5 Å². The van der Waals surface area contributed by atoms with Crippen molar-refractivity contribution in [2.45, 2.75) is 18.2 Å². The monoisotopic (exact) mass is 439 g/mol. The Hall–Kier alpha value is -2.32. The second kappa shape index (κ2) is 9.00. The molecule has 7 heteroatoms. The van der Waals surface area contributed by atoms with Crippen LogP contribution in [0.1, 0.15) is 22.9 Å². The van der Waals surface area contributed by atoms with Crippen LogP contribution >= 0.6 is 22.7 Å². The molecule has 0 spiro atoms. The third-order valence-corrected chi connectivity index (χ3v) is 7.62. The molecule has 29 heavy (non-hydrogen) atoms. The average molecular weight is 440 g/mol. The fourth-order valence-electron chi connectivity index (χ4n) is 3.01. The minimum Gasteiger partial charge on any atom is -0.239 e. The first-order valence-corrected chi connectivity index (χ1v) is 12.5. The number of nitrogens with zero attached hydrogens (tertiary/aromatic N) is 1. The van der Waals surface area contributed by atoms with Crippen molar-refractivity contribution in [3.63, 3.8) is 0 Å². The zero-order valence-corrected chi connectivity index (χ0v) is 17.9. The Morgan fingerprint density at radius 1 is 0.966 bits per heavy atom. The molecule has 0 fully saturated rings. The summed E-state index contributed by atoms with van der Waals surface area (Å²) in [5.74, 6) is -0.0607. The lowest BCUT2D eigenvalue weighted by molar-refractivity contribution is 0.550. The number of rotatable bonds is 8. The Morgan fingerprint density at radius 3 is 2.48 bits per heavy atom. The lowest BCUT2D eigenvalue weighted by Crippen LogP contribution is -2.31. The highest BCUT2D eigenvalue weighted by molar-refractivity contribution is 7.88. The van der Waals surface area contributed by atoms with Gasteiger partial charge in [-0.25, -0.2) is 18.1 Å². The second-order valence-electron chi connectivity index (χ2n) is 6.58. The summed E-state index contributed by atoms with van der Waals surface area (Å²) in [6.45, 7) is 0. The van der Waals surface area contributed by atoms with Gasteiger partial charge in [-0.2, -0.15) is 0 Å². The maximum atomic E-state index is 12.9. The number of benzene rings is 2. The van der Waals surface area contributed by atoms with Gasteiger partial charge in [-0.05, 0) is 35.1 Å². The molecule has 147 valence electrons. The van der Waals surface area contributed by atoms with E-state index in [4.69, 9.17) is 4.98 Å². The van der Waals surface area contributed by atoms with Gasteiger partial charge in [0.1, 0.15) is 5.01 Å². The van der Waals surface area contributed by atoms with E-state index in [-0.39, 0.29) is 5.75 Å². The average Bonchev–Trinajstić information content (AvgIpc) is 3.40. The first-order valence-electron chi connectivity index (χ1n) is 9.07. The number of nitrogens with one attached hydrogen (secondary N) is 1. The largest absolute Gasteiger partial charge is 0.239 e. The maximum absolute atomic E-state index is 12.9. The van der Waals surface area contributed by atoms with Gasteiger partial charge in [0, 0.05) is 5.38 Å². The molecule has 1 N–H and O–H groups in total. The highest BCUT2D eigenvalue weighted by Crippen LogP contribution is 2.31. The molecule has 2 aromatic carbocycles. The summed E-state index contributed by atoms with van der Waals surface area (Å²) in [5, 5.41) is 4.86. The summed E-state index contributed by atoms with van der Waals surface area (Å²) in [5.41, 5.74) is 2.52. The Balaban J connectivity index is 1.60. The van der Waals surface area contributed by atoms with Crippen molar-refractivity contribution in [2.24, 2.45) is 0 Å². The van der Waals surface area contributed by atoms with E-state index in [0.717, 1.165) is 26.7 Å². The predicted molar refractivity (Wildman–Crippen MR) is 119 cm³/mol. The normalized spacial score (nSPS) is 12.7. The minimum atomic E-state index is -3.54. The van der Waals surface area contributed by atoms with Gasteiger partial charge in [0.2, 0.25) is 10.0 Å². The van der Waals surface area contributed by atoms with Gasteiger partial charge in [-0.15, -0.1) is 22.7 Å². The van der Waals surface area contributed by atoms with E-state index in [1.165, 1.54) is 11.3 Å². The molecular weight excluding hydrogens is 420 g/mol. The highest BCUT2D eigenvalue weighted by atomic mass is 32.2. The van der Waals surface area contributed by atoms with Crippen molar-refractivity contribution in [1.82, 2.24) is 9.71 Å². The fourth-order valence-corrected chi connectivity index (χ4v) is 6.05. The summed E-state index contributed by atoms with van der Waals surface area (Å²) < 4.78 is 28.6. The number of sulfonamides is 1. The van der Waals surface area contributed by atoms with Crippen LogP contribution in [0.25, 0.3) is 9.88 Å². The smallest absolute Gasteiger partial charge is 0.216 e. The number of thiazole rings is 1. The number of hydrogen-bond donors (Lipinski definition) is 1. The summed E-state index contributed by atoms with van der Waals surface area (Å²) in [6, 6.07) is 23.3. The van der Waals surface area contributed by atoms with Crippen molar-refractivity contribution in [2.75, 3.05) is 0 Å². The molecule has 0 saturated heterocycles. The molecule has 0 amide bonds. The topological polar surface area (TPSA) is 59.1 Å². The molecule has 0 aliphatic carbocycles. The van der Waals surface area contributed by atoms with E-state index < -0.39 is 16.1 Å². The number of aromatic nitrogens is 1. The van der Waals surface area contributed by atoms with E-state index in [1.54, 1.807) is 11.3 Å². The molecule has 1 radical (unpaired) electrons. The lowest BCUT2D eigenvalue weighted by atomic mass is 10.1. The Morgan fingerprint density at radius 2 is 1.76 bits per heavy atom. The molecule has 0 bridgehead atoms. The molecule has 4 nitrogen and oxygen atoms in total. The van der Waals surface area contributed by atoms with Crippen molar-refractivity contribution in [1.29, 1.82) is 0 Å². The summed E-state index contributed by atoms with van der Waals surface area (Å²) in [6.07, 6.45) is 0.524. The van der Waals surface area contributed by atoms with Gasteiger partial charge in [0.25, 0.3) is 0 Å². The van der Waals surface area contributed by atoms with Crippen molar-refractivity contribution in [3.8, 4) is 9.88 Å². The number of hydrogen-bond acceptors (Lipinski definition) is 5. The first-order chi connectivity index (χ1) is 14.1. The highest BCUT2D eigenvalue weighted by Gasteiger charge is 2.23. The Bertz CT molecular complexity index is 1140. The number of thiophene rings is 1. The summed E-state index contributed by atoms with van der Waals surface area (Å²) in [4.78, 5) is 5.82. The van der Waals surface area contributed by atoms with Gasteiger partial charge >= 0.3 is 0 Å². The molecule has 1 atom stereocenters. The van der Waals surface area contributed by atoms with Gasteiger partial charge in [-0.1, -0.05) is 60.7 Å². The van der Waals surface area contributed by atoms with Crippen LogP contribution in [0.5, 0.6) is 0 Å². The van der Waals surface area contributed by atoms with Crippen LogP contribution < -0.4 is 4.72 Å². The van der Waals surface area contributed by atoms with E-state index in [2.05, 4.69) is 10.8 Å². The fraction of sp³-hybridized carbons (Fsp3) is 0.136. The molecular formula is C22H19N2O2S3. The van der Waals surface area contributed by atoms with Crippen molar-refractivity contribution in [3.05, 3.63) is 100 Å². The molecule has 2 heterocycles. The van der Waals surface area contributed by atoms with Crippen LogP contribution in [0.3, 0.4) is 0 Å². The zero-order chi connectivity index (χ0) is 20.1. The molecule has 1 unspecified atom stereocenters. The minimum absolute atomic E-state index is 0.0607. The van der Waals surface area contributed by atoms with Gasteiger partial charge in [0.05, 0.1) is 22.4 Å². The first kappa shape index (κ1) is 20.0. The van der Waals surface area contributed by atoms with E-state index in [9.17, 15) is 8.42 Å². The quantitative estimate of drug-likeness (QED) is 0.417. The van der Waals surface area contributed by atoms with E-state index >= 15 is 0 Å². The van der Waals surface area contributed by atoms with Crippen molar-refractivity contribution < 1.29 is 8.42 Å². The second-order valence-corrected chi connectivity index (χ2v) is 10.1. The molecule has 0 aliphatic heterocycles. The molecule has 4 rings (SSSR count). The van der Waals surface area contributed by atoms with Crippen LogP contribution in [-0.4, -0.2) is 13.4 Å². The van der Waals surface area contributed by atoms with Crippen LogP contribution in [0.15, 0.2) is 77.5 Å². The predicted octanol–water partition coefficient (Wildman–Crippen LogP) is 5.08. The standard InChI is InChI=1S/C22H19N2O2S3/c25-29(26,16-18-10-5-2-6-11-18)24-19(14-17-8-3-1-4-9-17)20-15-28-22(23-20)21-12-7-13-27-21/h2-13,15,19,24H,14,16H2. The Labute approximate surface area is 179 Å². The Kier molecular flexibility index (Phi) is 6.20. The summed E-state index contributed by atoms with van der Waals surface area (Å²) >= 11 is 3.16. The van der Waals surface area contributed by atoms with E-state index in [0.29, 0.717) is 6.42 Å². The van der Waals surface area contributed by atoms with Crippen LogP contribution in [0.2, 0.25) is 0 Å². The molecule has 4 aromatic rings. The lowest BCUT2D eigenvalue weighted by Gasteiger charge is -2.17.